The molecule has 0 saturated heterocycles. The largest absolute Gasteiger partial charge is 0.493 e. The lowest BCUT2D eigenvalue weighted by Gasteiger charge is -2.28. The highest BCUT2D eigenvalue weighted by Crippen LogP contribution is 2.42. The molecule has 0 saturated carbocycles. The van der Waals surface area contributed by atoms with Gasteiger partial charge in [0.2, 0.25) is 5.91 Å². The van der Waals surface area contributed by atoms with Crippen LogP contribution >= 0.6 is 0 Å². The maximum Gasteiger partial charge on any atom is 0.362 e. The minimum atomic E-state index is -0.589. The van der Waals surface area contributed by atoms with Crippen molar-refractivity contribution in [1.29, 1.82) is 0 Å². The first kappa shape index (κ1) is 22.7. The van der Waals surface area contributed by atoms with Gasteiger partial charge in [0, 0.05) is 29.5 Å². The van der Waals surface area contributed by atoms with Crippen molar-refractivity contribution in [2.45, 2.75) is 13.0 Å². The third kappa shape index (κ3) is 3.68. The molecule has 0 aliphatic carbocycles. The van der Waals surface area contributed by atoms with E-state index >= 15 is 0 Å². The molecule has 3 heterocycles. The predicted octanol–water partition coefficient (Wildman–Crippen LogP) is 3.91. The van der Waals surface area contributed by atoms with E-state index in [1.807, 2.05) is 60.7 Å². The zero-order valence-electron chi connectivity index (χ0n) is 20.0. The van der Waals surface area contributed by atoms with E-state index in [4.69, 9.17) is 14.9 Å². The molecule has 1 aliphatic rings. The van der Waals surface area contributed by atoms with Crippen LogP contribution in [-0.4, -0.2) is 34.6 Å². The van der Waals surface area contributed by atoms with Crippen LogP contribution in [0.3, 0.4) is 0 Å². The second-order valence-electron chi connectivity index (χ2n) is 8.69. The Labute approximate surface area is 211 Å². The lowest BCUT2D eigenvalue weighted by atomic mass is 9.95. The maximum atomic E-state index is 13.3. The van der Waals surface area contributed by atoms with Gasteiger partial charge in [0.05, 0.1) is 19.3 Å². The smallest absolute Gasteiger partial charge is 0.362 e. The van der Waals surface area contributed by atoms with Gasteiger partial charge >= 0.3 is 5.63 Å². The number of anilines is 1. The van der Waals surface area contributed by atoms with Gasteiger partial charge in [-0.05, 0) is 23.8 Å². The van der Waals surface area contributed by atoms with Gasteiger partial charge in [0.1, 0.15) is 11.4 Å². The standard InChI is InChI=1S/C28H23N5O4/c1-36-23-12-6-8-17-15-22(28(35)37-27(17)23)33-26-20-10-4-5-11-21(20)32(24(34)13-14-29)16-18-7-2-3-9-19(18)25(26)30-31-33/h2-12,15H,13-14,16,29H2,1H3. The Bertz CT molecular complexity index is 1720. The molecule has 0 atom stereocenters. The van der Waals surface area contributed by atoms with Crippen LogP contribution in [0.15, 0.2) is 82.0 Å². The molecule has 2 N–H and O–H groups in total. The molecule has 5 aromatic rings. The van der Waals surface area contributed by atoms with Crippen LogP contribution in [0.5, 0.6) is 5.75 Å². The second-order valence-corrected chi connectivity index (χ2v) is 8.69. The van der Waals surface area contributed by atoms with E-state index in [-0.39, 0.29) is 24.6 Å². The highest BCUT2D eigenvalue weighted by Gasteiger charge is 2.30. The molecule has 9 nitrogen and oxygen atoms in total. The van der Waals surface area contributed by atoms with Crippen molar-refractivity contribution in [2.75, 3.05) is 18.6 Å². The van der Waals surface area contributed by atoms with E-state index in [0.29, 0.717) is 45.9 Å². The summed E-state index contributed by atoms with van der Waals surface area (Å²) in [5, 5.41) is 9.62. The predicted molar refractivity (Wildman–Crippen MR) is 140 cm³/mol. The van der Waals surface area contributed by atoms with Gasteiger partial charge in [-0.3, -0.25) is 4.79 Å². The van der Waals surface area contributed by atoms with Crippen molar-refractivity contribution in [3.05, 3.63) is 88.8 Å². The zero-order valence-corrected chi connectivity index (χ0v) is 20.0. The average molecular weight is 494 g/mol. The molecule has 0 fully saturated rings. The van der Waals surface area contributed by atoms with Gasteiger partial charge < -0.3 is 19.8 Å². The monoisotopic (exact) mass is 493 g/mol. The van der Waals surface area contributed by atoms with Gasteiger partial charge in [-0.15, -0.1) is 5.10 Å². The Hall–Kier alpha value is -4.76. The Kier molecular flexibility index (Phi) is 5.54. The van der Waals surface area contributed by atoms with Crippen LogP contribution < -0.4 is 21.0 Å². The normalized spacial score (nSPS) is 12.3. The van der Waals surface area contributed by atoms with Gasteiger partial charge in [0.15, 0.2) is 17.0 Å². The van der Waals surface area contributed by atoms with E-state index in [1.54, 1.807) is 17.0 Å². The molecule has 1 aliphatic heterocycles. The fraction of sp³-hybridized carbons (Fsp3) is 0.143. The van der Waals surface area contributed by atoms with Crippen molar-refractivity contribution in [3.8, 4) is 34.0 Å². The summed E-state index contributed by atoms with van der Waals surface area (Å²) in [5.74, 6) is 0.368. The summed E-state index contributed by atoms with van der Waals surface area (Å²) in [4.78, 5) is 28.2. The number of benzene rings is 3. The molecule has 0 radical (unpaired) electrons. The van der Waals surface area contributed by atoms with Gasteiger partial charge in [-0.25, -0.2) is 9.48 Å². The molecule has 0 bridgehead atoms. The molecule has 0 spiro atoms. The minimum absolute atomic E-state index is 0.0930. The summed E-state index contributed by atoms with van der Waals surface area (Å²) >= 11 is 0. The van der Waals surface area contributed by atoms with Crippen LogP contribution in [0.25, 0.3) is 39.2 Å². The number of rotatable bonds is 4. The Morgan fingerprint density at radius 2 is 1.81 bits per heavy atom. The molecular formula is C28H23N5O4. The quantitative estimate of drug-likeness (QED) is 0.377. The van der Waals surface area contributed by atoms with Crippen LogP contribution in [0.1, 0.15) is 12.0 Å². The number of amides is 1. The molecular weight excluding hydrogens is 470 g/mol. The Morgan fingerprint density at radius 1 is 1.03 bits per heavy atom. The number of ether oxygens (including phenoxy) is 1. The third-order valence-corrected chi connectivity index (χ3v) is 6.53. The topological polar surface area (TPSA) is 116 Å². The summed E-state index contributed by atoms with van der Waals surface area (Å²) in [7, 11) is 1.52. The third-order valence-electron chi connectivity index (χ3n) is 6.53. The first-order valence-electron chi connectivity index (χ1n) is 11.9. The highest BCUT2D eigenvalue weighted by molar-refractivity contribution is 6.00. The highest BCUT2D eigenvalue weighted by atomic mass is 16.5. The van der Waals surface area contributed by atoms with Gasteiger partial charge in [-0.2, -0.15) is 0 Å². The van der Waals surface area contributed by atoms with Gasteiger partial charge in [0.25, 0.3) is 0 Å². The molecule has 2 aromatic heterocycles. The number of nitrogens with zero attached hydrogens (tertiary/aromatic N) is 4. The summed E-state index contributed by atoms with van der Waals surface area (Å²) in [6, 6.07) is 22.4. The summed E-state index contributed by atoms with van der Waals surface area (Å²) in [6.07, 6.45) is 0.205. The van der Waals surface area contributed by atoms with E-state index in [2.05, 4.69) is 10.3 Å². The number of carbonyl (C=O) groups is 1. The average Bonchev–Trinajstić information content (AvgIpc) is 3.34. The van der Waals surface area contributed by atoms with Crippen LogP contribution in [0.4, 0.5) is 5.69 Å². The fourth-order valence-corrected chi connectivity index (χ4v) is 4.82. The van der Waals surface area contributed by atoms with Crippen LogP contribution in [0.2, 0.25) is 0 Å². The molecule has 0 unspecified atom stereocenters. The number of carbonyl (C=O) groups excluding carboxylic acids is 1. The SMILES string of the molecule is COc1cccc2cc(-n3nnc4c3-c3ccccc3N(C(=O)CCN)Cc3ccccc3-4)c(=O)oc12. The molecule has 9 heteroatoms. The first-order valence-corrected chi connectivity index (χ1v) is 11.9. The molecule has 6 rings (SSSR count). The van der Waals surface area contributed by atoms with Gasteiger partial charge in [-0.1, -0.05) is 59.8 Å². The number of fused-ring (bicyclic) bond motifs is 6. The van der Waals surface area contributed by atoms with Crippen LogP contribution in [-0.2, 0) is 11.3 Å². The van der Waals surface area contributed by atoms with Crippen LogP contribution in [0, 0.1) is 0 Å². The van der Waals surface area contributed by atoms with Crippen molar-refractivity contribution in [2.24, 2.45) is 5.73 Å². The molecule has 1 amide bonds. The number of nitrogens with two attached hydrogens (primary N) is 1. The number of methoxy groups -OCH3 is 1. The van der Waals surface area contributed by atoms with Crippen molar-refractivity contribution < 1.29 is 13.9 Å². The number of hydrogen-bond donors (Lipinski definition) is 1. The van der Waals surface area contributed by atoms with Crippen molar-refractivity contribution in [3.63, 3.8) is 0 Å². The maximum absolute atomic E-state index is 13.3. The lowest BCUT2D eigenvalue weighted by Crippen LogP contribution is -2.33. The number of hydrogen-bond acceptors (Lipinski definition) is 7. The lowest BCUT2D eigenvalue weighted by molar-refractivity contribution is -0.118. The van der Waals surface area contributed by atoms with E-state index in [0.717, 1.165) is 11.1 Å². The molecule has 184 valence electrons. The Balaban J connectivity index is 1.66. The number of aromatic nitrogens is 3. The molecule has 3 aromatic carbocycles. The molecule has 37 heavy (non-hydrogen) atoms. The summed E-state index contributed by atoms with van der Waals surface area (Å²) in [6.45, 7) is 0.599. The summed E-state index contributed by atoms with van der Waals surface area (Å²) in [5.41, 5.74) is 10.0. The fourth-order valence-electron chi connectivity index (χ4n) is 4.82. The zero-order chi connectivity index (χ0) is 25.5. The minimum Gasteiger partial charge on any atom is -0.493 e. The van der Waals surface area contributed by atoms with E-state index < -0.39 is 5.63 Å². The Morgan fingerprint density at radius 3 is 2.62 bits per heavy atom. The second kappa shape index (κ2) is 9.03. The summed E-state index contributed by atoms with van der Waals surface area (Å²) < 4.78 is 12.5. The number of para-hydroxylation sites is 2. The first-order chi connectivity index (χ1) is 18.1. The van der Waals surface area contributed by atoms with E-state index in [1.165, 1.54) is 11.8 Å². The van der Waals surface area contributed by atoms with Crippen molar-refractivity contribution in [1.82, 2.24) is 15.0 Å². The van der Waals surface area contributed by atoms with E-state index in [9.17, 15) is 9.59 Å². The van der Waals surface area contributed by atoms with Crippen molar-refractivity contribution >= 4 is 22.6 Å².